The number of ether oxygens (including phenoxy) is 1. The first-order chi connectivity index (χ1) is 15.2. The van der Waals surface area contributed by atoms with Gasteiger partial charge < -0.3 is 9.64 Å². The van der Waals surface area contributed by atoms with E-state index < -0.39 is 0 Å². The molecule has 0 aliphatic rings. The average Bonchev–Trinajstić information content (AvgIpc) is 2.75. The highest BCUT2D eigenvalue weighted by atomic mass is 35.5. The second-order valence-electron chi connectivity index (χ2n) is 7.54. The molecule has 0 rings (SSSR count). The van der Waals surface area contributed by atoms with Crippen LogP contribution in [0.5, 0.6) is 0 Å². The van der Waals surface area contributed by atoms with E-state index in [4.69, 9.17) is 16.3 Å². The minimum atomic E-state index is 0.105. The van der Waals surface area contributed by atoms with Gasteiger partial charge in [-0.25, -0.2) is 0 Å². The monoisotopic (exact) mass is 465 g/mol. The van der Waals surface area contributed by atoms with Crippen LogP contribution in [0.25, 0.3) is 0 Å². The van der Waals surface area contributed by atoms with Gasteiger partial charge in [0.15, 0.2) is 0 Å². The Kier molecular flexibility index (Phi) is 29.4. The van der Waals surface area contributed by atoms with Crippen LogP contribution in [0.1, 0.15) is 74.1 Å². The predicted octanol–water partition coefficient (Wildman–Crippen LogP) is 8.34. The lowest BCUT2D eigenvalue weighted by Crippen LogP contribution is -2.17. The summed E-state index contributed by atoms with van der Waals surface area (Å²) in [6.45, 7) is 18.6. The third kappa shape index (κ3) is 32.7. The third-order valence-electron chi connectivity index (χ3n) is 4.00. The third-order valence-corrected chi connectivity index (χ3v) is 4.15. The molecule has 0 aromatic rings. The number of nitrogens with zero attached hydrogens (tertiary/aromatic N) is 3. The molecule has 0 aliphatic carbocycles. The first-order valence-corrected chi connectivity index (χ1v) is 11.7. The van der Waals surface area contributed by atoms with Crippen molar-refractivity contribution in [1.29, 1.82) is 0 Å². The molecule has 0 aliphatic heterocycles. The zero-order chi connectivity index (χ0) is 25.2. The van der Waals surface area contributed by atoms with E-state index in [0.717, 1.165) is 31.5 Å². The summed E-state index contributed by atoms with van der Waals surface area (Å²) in [4.78, 5) is 1.95. The molecule has 1 unspecified atom stereocenters. The smallest absolute Gasteiger partial charge is 0.123 e. The van der Waals surface area contributed by atoms with Crippen LogP contribution in [0.4, 0.5) is 0 Å². The predicted molar refractivity (Wildman–Crippen MR) is 148 cm³/mol. The number of unbranched alkanes of at least 4 members (excludes halogenated alkanes) is 1. The van der Waals surface area contributed by atoms with Crippen molar-refractivity contribution in [3.8, 4) is 0 Å². The summed E-state index contributed by atoms with van der Waals surface area (Å²) in [5, 5.41) is 8.14. The van der Waals surface area contributed by atoms with Crippen LogP contribution in [-0.2, 0) is 4.74 Å². The minimum absolute atomic E-state index is 0.105. The highest BCUT2D eigenvalue weighted by molar-refractivity contribution is 6.25. The maximum Gasteiger partial charge on any atom is 0.123 e. The normalized spacial score (nSPS) is 13.3. The summed E-state index contributed by atoms with van der Waals surface area (Å²) in [5.41, 5.74) is 4.11. The molecule has 0 N–H and O–H groups in total. The number of hydrogen-bond acceptors (Lipinski definition) is 3. The molecule has 0 aromatic carbocycles. The summed E-state index contributed by atoms with van der Waals surface area (Å²) < 4.78 is 5.26. The van der Waals surface area contributed by atoms with Crippen LogP contribution in [-0.4, -0.2) is 43.8 Å². The molecule has 0 aromatic heterocycles. The zero-order valence-electron chi connectivity index (χ0n) is 22.1. The van der Waals surface area contributed by atoms with Gasteiger partial charge in [0.25, 0.3) is 0 Å². The number of rotatable bonds is 11. The van der Waals surface area contributed by atoms with Crippen LogP contribution >= 0.6 is 11.6 Å². The van der Waals surface area contributed by atoms with E-state index in [1.807, 2.05) is 84.1 Å². The number of halogens is 1. The van der Waals surface area contributed by atoms with Gasteiger partial charge in [-0.3, -0.25) is 0 Å². The molecule has 0 amide bonds. The Hall–Kier alpha value is -1.91. The van der Waals surface area contributed by atoms with Crippen LogP contribution in [0, 0.1) is 0 Å². The molecule has 0 spiro atoms. The van der Waals surface area contributed by atoms with Gasteiger partial charge in [-0.2, -0.15) is 5.10 Å². The van der Waals surface area contributed by atoms with Crippen molar-refractivity contribution in [1.82, 2.24) is 4.90 Å². The molecule has 0 saturated heterocycles. The molecule has 0 fully saturated rings. The van der Waals surface area contributed by atoms with E-state index in [0.29, 0.717) is 6.61 Å². The lowest BCUT2D eigenvalue weighted by Gasteiger charge is -2.08. The Morgan fingerprint density at radius 2 is 1.72 bits per heavy atom. The first kappa shape index (κ1) is 34.7. The van der Waals surface area contributed by atoms with Gasteiger partial charge in [-0.05, 0) is 80.2 Å². The Balaban J connectivity index is -0.000000502. The molecule has 184 valence electrons. The topological polar surface area (TPSA) is 37.2 Å². The van der Waals surface area contributed by atoms with Crippen molar-refractivity contribution >= 4 is 23.7 Å². The van der Waals surface area contributed by atoms with E-state index in [-0.39, 0.29) is 6.10 Å². The van der Waals surface area contributed by atoms with Gasteiger partial charge in [-0.1, -0.05) is 59.7 Å². The van der Waals surface area contributed by atoms with Crippen LogP contribution < -0.4 is 0 Å². The molecule has 5 heteroatoms. The van der Waals surface area contributed by atoms with Crippen LogP contribution in [0.3, 0.4) is 0 Å². The van der Waals surface area contributed by atoms with E-state index in [1.165, 1.54) is 16.7 Å². The van der Waals surface area contributed by atoms with Gasteiger partial charge in [0, 0.05) is 25.8 Å². The van der Waals surface area contributed by atoms with E-state index in [9.17, 15) is 0 Å². The first-order valence-electron chi connectivity index (χ1n) is 11.3. The maximum absolute atomic E-state index is 5.33. The van der Waals surface area contributed by atoms with E-state index in [2.05, 4.69) is 36.7 Å². The summed E-state index contributed by atoms with van der Waals surface area (Å²) in [6.07, 6.45) is 18.2. The standard InChI is InChI=1S/C15H27N3.C8H13ClO.C4H8/c1-13(2)10-11-14(3)9-7-8-12-16-17-15(4)18(5)6;1-3-4-7-10-8(2)5-6-9;1-3-4-2/h11-12H,1,7-10H2,2-6H3;3-6,8H,7H2,1-2H3;3-4H,1-2H3/b14-11+,16-12+,17-15-;4-3+,6-5+;4-3-. The van der Waals surface area contributed by atoms with Crippen molar-refractivity contribution < 1.29 is 4.74 Å². The Bertz CT molecular complexity index is 610. The molecular formula is C27H48ClN3O. The molecule has 0 bridgehead atoms. The second kappa shape index (κ2) is 27.1. The Morgan fingerprint density at radius 1 is 1.09 bits per heavy atom. The van der Waals surface area contributed by atoms with Gasteiger partial charge in [-0.15, -0.1) is 5.10 Å². The minimum Gasteiger partial charge on any atom is -0.370 e. The summed E-state index contributed by atoms with van der Waals surface area (Å²) in [5.74, 6) is 0.920. The zero-order valence-corrected chi connectivity index (χ0v) is 22.8. The fourth-order valence-electron chi connectivity index (χ4n) is 1.66. The Labute approximate surface area is 204 Å². The lowest BCUT2D eigenvalue weighted by molar-refractivity contribution is 0.123. The van der Waals surface area contributed by atoms with E-state index in [1.54, 1.807) is 6.08 Å². The van der Waals surface area contributed by atoms with Gasteiger partial charge in [0.2, 0.25) is 0 Å². The lowest BCUT2D eigenvalue weighted by atomic mass is 10.1. The molecule has 4 nitrogen and oxygen atoms in total. The fourth-order valence-corrected chi connectivity index (χ4v) is 1.86. The quantitative estimate of drug-likeness (QED) is 0.101. The second-order valence-corrected chi connectivity index (χ2v) is 7.79. The summed E-state index contributed by atoms with van der Waals surface area (Å²) >= 11 is 5.33. The van der Waals surface area contributed by atoms with Gasteiger partial charge in [0.1, 0.15) is 5.84 Å². The van der Waals surface area contributed by atoms with Crippen molar-refractivity contribution in [2.75, 3.05) is 20.7 Å². The Morgan fingerprint density at radius 3 is 2.19 bits per heavy atom. The highest BCUT2D eigenvalue weighted by Gasteiger charge is 1.92. The van der Waals surface area contributed by atoms with Crippen molar-refractivity contribution in [3.63, 3.8) is 0 Å². The van der Waals surface area contributed by atoms with Crippen LogP contribution in [0.2, 0.25) is 0 Å². The van der Waals surface area contributed by atoms with Crippen LogP contribution in [0.15, 0.2) is 69.9 Å². The maximum atomic E-state index is 5.33. The summed E-state index contributed by atoms with van der Waals surface area (Å²) in [7, 11) is 3.92. The number of amidine groups is 1. The number of hydrogen-bond donors (Lipinski definition) is 0. The summed E-state index contributed by atoms with van der Waals surface area (Å²) in [6, 6.07) is 0. The molecule has 0 saturated carbocycles. The average molecular weight is 466 g/mol. The molecule has 0 heterocycles. The molecule has 0 radical (unpaired) electrons. The molecule has 32 heavy (non-hydrogen) atoms. The van der Waals surface area contributed by atoms with Crippen molar-refractivity contribution in [2.45, 2.75) is 80.3 Å². The largest absolute Gasteiger partial charge is 0.370 e. The van der Waals surface area contributed by atoms with E-state index >= 15 is 0 Å². The molecular weight excluding hydrogens is 418 g/mol. The number of allylic oxidation sites excluding steroid dienone is 6. The SMILES string of the molecule is C/C=C/COC(C)/C=C/Cl.C/C=C\C.C=C(C)C/C=C(\C)CCC/C=N/N=C(/C)N(C)C. The fraction of sp³-hybridized carbons (Fsp3) is 0.556. The molecule has 1 atom stereocenters. The van der Waals surface area contributed by atoms with Gasteiger partial charge in [0.05, 0.1) is 12.7 Å². The highest BCUT2D eigenvalue weighted by Crippen LogP contribution is 2.09. The van der Waals surface area contributed by atoms with Gasteiger partial charge >= 0.3 is 0 Å². The van der Waals surface area contributed by atoms with Crippen molar-refractivity contribution in [2.24, 2.45) is 10.2 Å². The van der Waals surface area contributed by atoms with Crippen molar-refractivity contribution in [3.05, 3.63) is 59.7 Å².